The van der Waals surface area contributed by atoms with E-state index < -0.39 is 10.8 Å². The van der Waals surface area contributed by atoms with E-state index in [4.69, 9.17) is 5.73 Å². The summed E-state index contributed by atoms with van der Waals surface area (Å²) < 4.78 is 0. The van der Waals surface area contributed by atoms with Crippen LogP contribution in [0.25, 0.3) is 0 Å². The first-order chi connectivity index (χ1) is 9.49. The van der Waals surface area contributed by atoms with E-state index >= 15 is 0 Å². The monoisotopic (exact) mass is 291 g/mol. The van der Waals surface area contributed by atoms with Crippen LogP contribution in [0.5, 0.6) is 0 Å². The molecule has 6 nitrogen and oxygen atoms in total. The number of amides is 1. The van der Waals surface area contributed by atoms with Crippen LogP contribution in [0.3, 0.4) is 0 Å². The molecule has 1 heterocycles. The molecule has 0 saturated heterocycles. The SMILES string of the molecule is Cc1c(NCc2csc([N+](=O)[O-])c2)cccc1C(N)=O. The van der Waals surface area contributed by atoms with Gasteiger partial charge in [0.2, 0.25) is 5.91 Å². The fraction of sp³-hybridized carbons (Fsp3) is 0.154. The number of rotatable bonds is 5. The summed E-state index contributed by atoms with van der Waals surface area (Å²) in [5, 5.41) is 15.6. The number of carbonyl (C=O) groups is 1. The second kappa shape index (κ2) is 5.70. The van der Waals surface area contributed by atoms with Gasteiger partial charge in [-0.1, -0.05) is 17.4 Å². The Balaban J connectivity index is 2.12. The van der Waals surface area contributed by atoms with E-state index in [1.54, 1.807) is 24.4 Å². The minimum atomic E-state index is -0.475. The number of hydrogen-bond donors (Lipinski definition) is 2. The molecule has 104 valence electrons. The first-order valence-corrected chi connectivity index (χ1v) is 6.72. The second-order valence-corrected chi connectivity index (χ2v) is 5.14. The third-order valence-corrected chi connectivity index (χ3v) is 3.83. The lowest BCUT2D eigenvalue weighted by Gasteiger charge is -2.10. The third-order valence-electron chi connectivity index (χ3n) is 2.90. The summed E-state index contributed by atoms with van der Waals surface area (Å²) in [4.78, 5) is 21.4. The highest BCUT2D eigenvalue weighted by Crippen LogP contribution is 2.24. The molecule has 0 aliphatic heterocycles. The van der Waals surface area contributed by atoms with Gasteiger partial charge < -0.3 is 11.1 Å². The lowest BCUT2D eigenvalue weighted by Crippen LogP contribution is -2.13. The maximum atomic E-state index is 11.2. The molecule has 0 atom stereocenters. The van der Waals surface area contributed by atoms with Gasteiger partial charge in [0, 0.05) is 29.2 Å². The van der Waals surface area contributed by atoms with Crippen molar-refractivity contribution in [3.05, 3.63) is 56.5 Å². The third kappa shape index (κ3) is 2.94. The molecule has 0 radical (unpaired) electrons. The molecule has 0 unspecified atom stereocenters. The lowest BCUT2D eigenvalue weighted by molar-refractivity contribution is -0.380. The number of primary amides is 1. The standard InChI is InChI=1S/C13H13N3O3S/c1-8-10(13(14)17)3-2-4-11(8)15-6-9-5-12(16(18)19)20-7-9/h2-5,7,15H,6H2,1H3,(H2,14,17). The van der Waals surface area contributed by atoms with Gasteiger partial charge in [0.1, 0.15) is 0 Å². The fourth-order valence-corrected chi connectivity index (χ4v) is 2.57. The number of carbonyl (C=O) groups excluding carboxylic acids is 1. The summed E-state index contributed by atoms with van der Waals surface area (Å²) in [5.74, 6) is -0.475. The maximum Gasteiger partial charge on any atom is 0.324 e. The maximum absolute atomic E-state index is 11.2. The second-order valence-electron chi connectivity index (χ2n) is 4.25. The molecule has 1 amide bonds. The van der Waals surface area contributed by atoms with E-state index in [0.29, 0.717) is 12.1 Å². The van der Waals surface area contributed by atoms with Crippen molar-refractivity contribution in [2.24, 2.45) is 5.73 Å². The average molecular weight is 291 g/mol. The first kappa shape index (κ1) is 14.0. The van der Waals surface area contributed by atoms with E-state index in [1.165, 1.54) is 6.07 Å². The number of nitrogens with one attached hydrogen (secondary N) is 1. The van der Waals surface area contributed by atoms with Gasteiger partial charge in [-0.25, -0.2) is 0 Å². The number of nitro groups is 1. The average Bonchev–Trinajstić information content (AvgIpc) is 2.86. The number of anilines is 1. The Morgan fingerprint density at radius 3 is 2.85 bits per heavy atom. The highest BCUT2D eigenvalue weighted by atomic mass is 32.1. The van der Waals surface area contributed by atoms with Crippen LogP contribution in [0.15, 0.2) is 29.6 Å². The number of benzene rings is 1. The van der Waals surface area contributed by atoms with Gasteiger partial charge in [-0.3, -0.25) is 14.9 Å². The van der Waals surface area contributed by atoms with Crippen molar-refractivity contribution in [3.8, 4) is 0 Å². The lowest BCUT2D eigenvalue weighted by atomic mass is 10.1. The molecular weight excluding hydrogens is 278 g/mol. The predicted molar refractivity (Wildman–Crippen MR) is 78.0 cm³/mol. The zero-order valence-electron chi connectivity index (χ0n) is 10.8. The smallest absolute Gasteiger partial charge is 0.324 e. The Hall–Kier alpha value is -2.41. The van der Waals surface area contributed by atoms with Crippen LogP contribution >= 0.6 is 11.3 Å². The van der Waals surface area contributed by atoms with Crippen LogP contribution in [0.1, 0.15) is 21.5 Å². The molecule has 0 saturated carbocycles. The number of nitrogens with two attached hydrogens (primary N) is 1. The topological polar surface area (TPSA) is 98.3 Å². The van der Waals surface area contributed by atoms with Crippen LogP contribution in [-0.4, -0.2) is 10.8 Å². The van der Waals surface area contributed by atoms with Gasteiger partial charge in [0.15, 0.2) is 0 Å². The summed E-state index contributed by atoms with van der Waals surface area (Å²) in [6.07, 6.45) is 0. The van der Waals surface area contributed by atoms with E-state index in [1.807, 2.05) is 6.07 Å². The highest BCUT2D eigenvalue weighted by molar-refractivity contribution is 7.13. The molecule has 2 aromatic rings. The van der Waals surface area contributed by atoms with Crippen molar-refractivity contribution >= 4 is 27.9 Å². The minimum Gasteiger partial charge on any atom is -0.381 e. The van der Waals surface area contributed by atoms with Gasteiger partial charge >= 0.3 is 5.00 Å². The van der Waals surface area contributed by atoms with Crippen LogP contribution in [0, 0.1) is 17.0 Å². The molecule has 1 aromatic carbocycles. The van der Waals surface area contributed by atoms with Crippen molar-refractivity contribution in [2.75, 3.05) is 5.32 Å². The summed E-state index contributed by atoms with van der Waals surface area (Å²) in [6.45, 7) is 2.26. The van der Waals surface area contributed by atoms with Gasteiger partial charge in [0.05, 0.1) is 4.92 Å². The van der Waals surface area contributed by atoms with E-state index in [-0.39, 0.29) is 5.00 Å². The zero-order valence-corrected chi connectivity index (χ0v) is 11.6. The molecule has 1 aromatic heterocycles. The summed E-state index contributed by atoms with van der Waals surface area (Å²) in [6, 6.07) is 6.78. The Kier molecular flexibility index (Phi) is 3.99. The van der Waals surface area contributed by atoms with E-state index in [0.717, 1.165) is 28.2 Å². The zero-order chi connectivity index (χ0) is 14.7. The molecule has 0 fully saturated rings. The quantitative estimate of drug-likeness (QED) is 0.653. The van der Waals surface area contributed by atoms with Gasteiger partial charge in [-0.05, 0) is 30.2 Å². The molecule has 7 heteroatoms. The summed E-state index contributed by atoms with van der Waals surface area (Å²) >= 11 is 1.09. The molecule has 0 spiro atoms. The highest BCUT2D eigenvalue weighted by Gasteiger charge is 2.11. The Morgan fingerprint density at radius 2 is 2.25 bits per heavy atom. The van der Waals surface area contributed by atoms with Crippen molar-refractivity contribution in [1.29, 1.82) is 0 Å². The Bertz CT molecular complexity index is 667. The van der Waals surface area contributed by atoms with Crippen molar-refractivity contribution in [3.63, 3.8) is 0 Å². The predicted octanol–water partition coefficient (Wildman–Crippen LogP) is 2.68. The molecule has 0 bridgehead atoms. The van der Waals surface area contributed by atoms with E-state index in [2.05, 4.69) is 5.32 Å². The molecule has 0 aliphatic carbocycles. The Morgan fingerprint density at radius 1 is 1.50 bits per heavy atom. The Labute approximate surface area is 119 Å². The molecular formula is C13H13N3O3S. The van der Waals surface area contributed by atoms with Crippen LogP contribution in [-0.2, 0) is 6.54 Å². The fourth-order valence-electron chi connectivity index (χ4n) is 1.84. The normalized spacial score (nSPS) is 10.2. The molecule has 20 heavy (non-hydrogen) atoms. The van der Waals surface area contributed by atoms with Gasteiger partial charge in [-0.2, -0.15) is 0 Å². The molecule has 3 N–H and O–H groups in total. The number of hydrogen-bond acceptors (Lipinski definition) is 5. The summed E-state index contributed by atoms with van der Waals surface area (Å²) in [7, 11) is 0. The number of nitrogens with zero attached hydrogens (tertiary/aromatic N) is 1. The molecule has 0 aliphatic rings. The van der Waals surface area contributed by atoms with Crippen LogP contribution < -0.4 is 11.1 Å². The minimum absolute atomic E-state index is 0.115. The van der Waals surface area contributed by atoms with Gasteiger partial charge in [-0.15, -0.1) is 0 Å². The van der Waals surface area contributed by atoms with E-state index in [9.17, 15) is 14.9 Å². The van der Waals surface area contributed by atoms with Crippen LogP contribution in [0.4, 0.5) is 10.7 Å². The van der Waals surface area contributed by atoms with Crippen molar-refractivity contribution < 1.29 is 9.72 Å². The summed E-state index contributed by atoms with van der Waals surface area (Å²) in [5.41, 5.74) is 8.13. The van der Waals surface area contributed by atoms with Gasteiger partial charge in [0.25, 0.3) is 0 Å². The van der Waals surface area contributed by atoms with Crippen molar-refractivity contribution in [1.82, 2.24) is 0 Å². The van der Waals surface area contributed by atoms with Crippen LogP contribution in [0.2, 0.25) is 0 Å². The number of thiophene rings is 1. The van der Waals surface area contributed by atoms with Crippen molar-refractivity contribution in [2.45, 2.75) is 13.5 Å². The first-order valence-electron chi connectivity index (χ1n) is 5.84. The largest absolute Gasteiger partial charge is 0.381 e. The molecule has 2 rings (SSSR count).